The Morgan fingerprint density at radius 1 is 0.342 bits per heavy atom. The van der Waals surface area contributed by atoms with E-state index in [4.69, 9.17) is 62.8 Å². The van der Waals surface area contributed by atoms with Crippen LogP contribution >= 0.6 is 0 Å². The second-order valence-electron chi connectivity index (χ2n) is 9.45. The Bertz CT molecular complexity index is 1860. The first-order valence-corrected chi connectivity index (χ1v) is 12.0. The van der Waals surface area contributed by atoms with Crippen molar-refractivity contribution in [1.82, 2.24) is 0 Å². The predicted octanol–water partition coefficient (Wildman–Crippen LogP) is -1.17. The highest BCUT2D eigenvalue weighted by molar-refractivity contribution is 6.71. The third kappa shape index (κ3) is 3.42. The summed E-state index contributed by atoms with van der Waals surface area (Å²) in [6, 6.07) is 23.7. The molecule has 0 bridgehead atoms. The Balaban J connectivity index is 2.05. The van der Waals surface area contributed by atoms with Crippen LogP contribution in [0.2, 0.25) is 0 Å². The lowest BCUT2D eigenvalue weighted by Gasteiger charge is -2.29. The Morgan fingerprint density at radius 3 is 1.29 bits per heavy atom. The fraction of sp³-hybridized carbons (Fsp3) is 0. The number of fused-ring (bicyclic) bond motifs is 3. The summed E-state index contributed by atoms with van der Waals surface area (Å²) >= 11 is 0. The molecule has 0 spiro atoms. The molecule has 0 atom stereocenters. The van der Waals surface area contributed by atoms with Gasteiger partial charge in [-0.1, -0.05) is 94.6 Å². The summed E-state index contributed by atoms with van der Waals surface area (Å²) < 4.78 is 0. The van der Waals surface area contributed by atoms with Gasteiger partial charge in [-0.25, -0.2) is 0 Å². The minimum atomic E-state index is 0.199. The maximum atomic E-state index is 6.78. The van der Waals surface area contributed by atoms with Crippen LogP contribution in [0.1, 0.15) is 0 Å². The van der Waals surface area contributed by atoms with Gasteiger partial charge in [-0.3, -0.25) is 0 Å². The maximum absolute atomic E-state index is 6.78. The van der Waals surface area contributed by atoms with Crippen LogP contribution in [0.25, 0.3) is 54.6 Å². The SMILES string of the molecule is [B]c1c([B])c([B])c2c(-c3cccc4ccccc34)c3c([B])c([B])c([B])c([B])c3c(-c3ccccc3)c2c1[B]. The minimum absolute atomic E-state index is 0.199. The molecule has 0 aliphatic heterocycles. The average molecular weight is 459 g/mol. The molecule has 8 heteroatoms. The van der Waals surface area contributed by atoms with Gasteiger partial charge in [0, 0.05) is 0 Å². The van der Waals surface area contributed by atoms with Gasteiger partial charge in [0.2, 0.25) is 0 Å². The van der Waals surface area contributed by atoms with Crippen LogP contribution < -0.4 is 43.7 Å². The molecule has 6 aromatic rings. The Kier molecular flexibility index (Phi) is 5.98. The molecule has 38 heavy (non-hydrogen) atoms. The van der Waals surface area contributed by atoms with Crippen LogP contribution in [0, 0.1) is 0 Å². The minimum Gasteiger partial charge on any atom is -0.110 e. The number of rotatable bonds is 2. The number of benzene rings is 6. The molecular weight excluding hydrogens is 447 g/mol. The summed E-state index contributed by atoms with van der Waals surface area (Å²) in [5.41, 5.74) is 5.07. The van der Waals surface area contributed by atoms with Crippen molar-refractivity contribution < 1.29 is 0 Å². The molecule has 0 saturated heterocycles. The highest BCUT2D eigenvalue weighted by Crippen LogP contribution is 2.42. The maximum Gasteiger partial charge on any atom is 0.113 e. The van der Waals surface area contributed by atoms with Gasteiger partial charge in [-0.05, 0) is 54.6 Å². The van der Waals surface area contributed by atoms with Gasteiger partial charge in [0.25, 0.3) is 0 Å². The van der Waals surface area contributed by atoms with Crippen molar-refractivity contribution in [3.05, 3.63) is 72.8 Å². The zero-order valence-electron chi connectivity index (χ0n) is 20.5. The molecule has 0 heterocycles. The highest BCUT2D eigenvalue weighted by Gasteiger charge is 2.24. The summed E-state index contributed by atoms with van der Waals surface area (Å²) in [4.78, 5) is 0. The molecule has 156 valence electrons. The summed E-state index contributed by atoms with van der Waals surface area (Å²) in [5.74, 6) is 0. The quantitative estimate of drug-likeness (QED) is 0.227. The fourth-order valence-corrected chi connectivity index (χ4v) is 5.55. The van der Waals surface area contributed by atoms with Crippen molar-refractivity contribution in [1.29, 1.82) is 0 Å². The van der Waals surface area contributed by atoms with Gasteiger partial charge >= 0.3 is 0 Å². The zero-order chi connectivity index (χ0) is 26.9. The average Bonchev–Trinajstić information content (AvgIpc) is 2.95. The smallest absolute Gasteiger partial charge is 0.110 e. The molecule has 0 fully saturated rings. The van der Waals surface area contributed by atoms with Gasteiger partial charge in [-0.2, -0.15) is 0 Å². The van der Waals surface area contributed by atoms with E-state index in [0.717, 1.165) is 21.9 Å². The molecule has 0 aliphatic rings. The molecule has 0 amide bonds. The first kappa shape index (κ1) is 24.9. The molecule has 0 N–H and O–H groups in total. The molecule has 0 aliphatic carbocycles. The van der Waals surface area contributed by atoms with Crippen LogP contribution in [-0.2, 0) is 0 Å². The van der Waals surface area contributed by atoms with Crippen molar-refractivity contribution in [2.75, 3.05) is 0 Å². The van der Waals surface area contributed by atoms with Crippen LogP contribution in [0.15, 0.2) is 72.8 Å². The molecule has 0 saturated carbocycles. The fourth-order valence-electron chi connectivity index (χ4n) is 5.55. The third-order valence-corrected chi connectivity index (χ3v) is 7.44. The summed E-state index contributed by atoms with van der Waals surface area (Å²) in [6.45, 7) is 0. The van der Waals surface area contributed by atoms with Crippen molar-refractivity contribution >= 4 is 139 Å². The van der Waals surface area contributed by atoms with Gasteiger partial charge in [0.05, 0.1) is 0 Å². The molecule has 16 radical (unpaired) electrons. The van der Waals surface area contributed by atoms with Crippen molar-refractivity contribution in [3.63, 3.8) is 0 Å². The molecule has 0 unspecified atom stereocenters. The lowest BCUT2D eigenvalue weighted by molar-refractivity contribution is 1.69. The van der Waals surface area contributed by atoms with E-state index in [2.05, 4.69) is 0 Å². The predicted molar refractivity (Wildman–Crippen MR) is 173 cm³/mol. The van der Waals surface area contributed by atoms with E-state index in [1.54, 1.807) is 0 Å². The number of hydrogen-bond donors (Lipinski definition) is 0. The monoisotopic (exact) mass is 460 g/mol. The van der Waals surface area contributed by atoms with Crippen LogP contribution in [-0.4, -0.2) is 62.8 Å². The van der Waals surface area contributed by atoms with E-state index < -0.39 is 0 Å². The van der Waals surface area contributed by atoms with Crippen molar-refractivity contribution in [2.24, 2.45) is 0 Å². The van der Waals surface area contributed by atoms with Gasteiger partial charge in [0.15, 0.2) is 0 Å². The van der Waals surface area contributed by atoms with E-state index in [-0.39, 0.29) is 21.9 Å². The van der Waals surface area contributed by atoms with E-state index in [1.807, 2.05) is 72.8 Å². The van der Waals surface area contributed by atoms with E-state index in [0.29, 0.717) is 54.5 Å². The molecular formula is C30H12B8. The van der Waals surface area contributed by atoms with Crippen molar-refractivity contribution in [2.45, 2.75) is 0 Å². The Hall–Kier alpha value is -3.38. The summed E-state index contributed by atoms with van der Waals surface area (Å²) in [6.07, 6.45) is 0. The first-order valence-electron chi connectivity index (χ1n) is 12.0. The van der Waals surface area contributed by atoms with Gasteiger partial charge < -0.3 is 0 Å². The van der Waals surface area contributed by atoms with E-state index in [1.165, 1.54) is 0 Å². The van der Waals surface area contributed by atoms with E-state index >= 15 is 0 Å². The molecule has 6 aromatic carbocycles. The summed E-state index contributed by atoms with van der Waals surface area (Å²) in [5, 5.41) is 4.48. The zero-order valence-corrected chi connectivity index (χ0v) is 20.5. The Labute approximate surface area is 233 Å². The second kappa shape index (κ2) is 9.12. The molecule has 0 nitrogen and oxygen atoms in total. The molecule has 6 rings (SSSR count). The van der Waals surface area contributed by atoms with Crippen LogP contribution in [0.5, 0.6) is 0 Å². The largest absolute Gasteiger partial charge is 0.113 e. The standard InChI is InChI=1S/C30H12B8/c31-23-19-17(14-8-2-1-3-9-14)20-22(26(34)30(38)28(36)24(20)32)18(21(19)25(33)29(37)27(23)35)16-12-6-10-13-7-4-5-11-15(13)16/h1-12H. The third-order valence-electron chi connectivity index (χ3n) is 7.44. The second-order valence-corrected chi connectivity index (χ2v) is 9.45. The number of hydrogen-bond acceptors (Lipinski definition) is 0. The van der Waals surface area contributed by atoms with Gasteiger partial charge in [0.1, 0.15) is 62.8 Å². The lowest BCUT2D eigenvalue weighted by Crippen LogP contribution is -2.50. The van der Waals surface area contributed by atoms with Gasteiger partial charge in [-0.15, -0.1) is 21.9 Å². The lowest BCUT2D eigenvalue weighted by atomic mass is 9.59. The van der Waals surface area contributed by atoms with Crippen LogP contribution in [0.3, 0.4) is 0 Å². The van der Waals surface area contributed by atoms with Crippen molar-refractivity contribution in [3.8, 4) is 22.3 Å². The van der Waals surface area contributed by atoms with Crippen LogP contribution in [0.4, 0.5) is 0 Å². The topological polar surface area (TPSA) is 0 Å². The normalized spacial score (nSPS) is 11.5. The highest BCUT2D eigenvalue weighted by atomic mass is 14.2. The van der Waals surface area contributed by atoms with E-state index in [9.17, 15) is 0 Å². The Morgan fingerprint density at radius 2 is 0.763 bits per heavy atom. The summed E-state index contributed by atoms with van der Waals surface area (Å²) in [7, 11) is 52.7. The molecule has 0 aromatic heterocycles. The first-order chi connectivity index (χ1) is 18.2.